The van der Waals surface area contributed by atoms with Crippen LogP contribution in [-0.4, -0.2) is 35.3 Å². The number of amides is 2. The minimum Gasteiger partial charge on any atom is -0.466 e. The molecule has 1 aliphatic rings. The summed E-state index contributed by atoms with van der Waals surface area (Å²) in [6.07, 6.45) is 2.11. The maximum absolute atomic E-state index is 11.6. The third-order valence-corrected chi connectivity index (χ3v) is 2.78. The van der Waals surface area contributed by atoms with Crippen LogP contribution in [-0.2, 0) is 19.1 Å². The van der Waals surface area contributed by atoms with Gasteiger partial charge in [-0.2, -0.15) is 0 Å². The molecule has 0 radical (unpaired) electrons. The molecule has 1 atom stereocenters. The molecule has 5 nitrogen and oxygen atoms in total. The Balaban J connectivity index is 2.67. The number of carbonyl (C=O) groups is 3. The number of hydrogen-bond donors (Lipinski definition) is 0. The Hall–Kier alpha value is -1.39. The highest BCUT2D eigenvalue weighted by Gasteiger charge is 2.35. The van der Waals surface area contributed by atoms with Gasteiger partial charge in [0.15, 0.2) is 0 Å². The maximum Gasteiger partial charge on any atom is 0.307 e. The first-order chi connectivity index (χ1) is 8.10. The van der Waals surface area contributed by atoms with Gasteiger partial charge in [0.25, 0.3) is 0 Å². The van der Waals surface area contributed by atoms with E-state index in [1.54, 1.807) is 6.92 Å². The quantitative estimate of drug-likeness (QED) is 0.518. The Kier molecular flexibility index (Phi) is 5.12. The van der Waals surface area contributed by atoms with E-state index < -0.39 is 0 Å². The molecule has 1 heterocycles. The van der Waals surface area contributed by atoms with Gasteiger partial charge >= 0.3 is 5.97 Å². The van der Waals surface area contributed by atoms with Crippen LogP contribution in [0.15, 0.2) is 0 Å². The summed E-state index contributed by atoms with van der Waals surface area (Å²) in [4.78, 5) is 35.9. The van der Waals surface area contributed by atoms with Crippen LogP contribution in [0.4, 0.5) is 0 Å². The van der Waals surface area contributed by atoms with Gasteiger partial charge in [0.2, 0.25) is 11.8 Å². The average Bonchev–Trinajstić information content (AvgIpc) is 2.58. The number of rotatable bonds is 6. The van der Waals surface area contributed by atoms with Gasteiger partial charge in [-0.25, -0.2) is 0 Å². The van der Waals surface area contributed by atoms with Crippen LogP contribution >= 0.6 is 0 Å². The lowest BCUT2D eigenvalue weighted by Gasteiger charge is -2.25. The third kappa shape index (κ3) is 3.54. The number of likely N-dealkylation sites (tertiary alicyclic amines) is 1. The fourth-order valence-electron chi connectivity index (χ4n) is 2.07. The molecule has 0 saturated carbocycles. The molecule has 17 heavy (non-hydrogen) atoms. The third-order valence-electron chi connectivity index (χ3n) is 2.78. The molecule has 2 amide bonds. The van der Waals surface area contributed by atoms with Crippen molar-refractivity contribution in [3.8, 4) is 0 Å². The fourth-order valence-corrected chi connectivity index (χ4v) is 2.07. The summed E-state index contributed by atoms with van der Waals surface area (Å²) in [5.41, 5.74) is 0. The minimum atomic E-state index is -0.349. The molecule has 0 spiro atoms. The molecular formula is C12H19NO4. The Morgan fingerprint density at radius 2 is 1.88 bits per heavy atom. The fraction of sp³-hybridized carbons (Fsp3) is 0.750. The van der Waals surface area contributed by atoms with Crippen molar-refractivity contribution in [3.63, 3.8) is 0 Å². The van der Waals surface area contributed by atoms with E-state index in [0.29, 0.717) is 13.0 Å². The Morgan fingerprint density at radius 1 is 1.29 bits per heavy atom. The first-order valence-electron chi connectivity index (χ1n) is 6.10. The summed E-state index contributed by atoms with van der Waals surface area (Å²) < 4.78 is 4.86. The number of hydrogen-bond acceptors (Lipinski definition) is 4. The predicted octanol–water partition coefficient (Wildman–Crippen LogP) is 1.26. The molecule has 0 aromatic heterocycles. The van der Waals surface area contributed by atoms with Crippen molar-refractivity contribution in [1.29, 1.82) is 0 Å². The van der Waals surface area contributed by atoms with Gasteiger partial charge in [0, 0.05) is 12.8 Å². The molecule has 0 bridgehead atoms. The molecule has 5 heteroatoms. The van der Waals surface area contributed by atoms with E-state index in [1.807, 2.05) is 6.92 Å². The average molecular weight is 241 g/mol. The summed E-state index contributed by atoms with van der Waals surface area (Å²) in [6, 6.07) is -0.332. The summed E-state index contributed by atoms with van der Waals surface area (Å²) >= 11 is 0. The maximum atomic E-state index is 11.6. The molecule has 0 unspecified atom stereocenters. The second-order valence-electron chi connectivity index (χ2n) is 4.11. The zero-order valence-electron chi connectivity index (χ0n) is 10.4. The van der Waals surface area contributed by atoms with Gasteiger partial charge < -0.3 is 4.74 Å². The molecule has 1 fully saturated rings. The molecular weight excluding hydrogens is 222 g/mol. The summed E-state index contributed by atoms with van der Waals surface area (Å²) in [5.74, 6) is -0.686. The molecule has 0 aromatic carbocycles. The molecule has 1 saturated heterocycles. The van der Waals surface area contributed by atoms with E-state index in [0.717, 1.165) is 6.42 Å². The first kappa shape index (κ1) is 13.7. The SMILES string of the molecule is CCC[C@H](CC(=O)OCC)N1C(=O)CCC1=O. The van der Waals surface area contributed by atoms with Crippen molar-refractivity contribution < 1.29 is 19.1 Å². The standard InChI is InChI=1S/C12H19NO4/c1-3-5-9(8-12(16)17-4-2)13-10(14)6-7-11(13)15/h9H,3-8H2,1-2H3/t9-/m1/s1. The molecule has 1 aliphatic heterocycles. The molecule has 0 aliphatic carbocycles. The van der Waals surface area contributed by atoms with Crippen LogP contribution in [0.3, 0.4) is 0 Å². The topological polar surface area (TPSA) is 63.7 Å². The monoisotopic (exact) mass is 241 g/mol. The minimum absolute atomic E-state index is 0.110. The van der Waals surface area contributed by atoms with Crippen molar-refractivity contribution in [1.82, 2.24) is 4.90 Å². The molecule has 1 rings (SSSR count). The first-order valence-corrected chi connectivity index (χ1v) is 6.10. The lowest BCUT2D eigenvalue weighted by molar-refractivity contribution is -0.147. The van der Waals surface area contributed by atoms with Crippen LogP contribution in [0.5, 0.6) is 0 Å². The van der Waals surface area contributed by atoms with E-state index in [1.165, 1.54) is 4.90 Å². The van der Waals surface area contributed by atoms with Crippen molar-refractivity contribution in [3.05, 3.63) is 0 Å². The second-order valence-corrected chi connectivity index (χ2v) is 4.11. The van der Waals surface area contributed by atoms with E-state index in [-0.39, 0.29) is 43.1 Å². The van der Waals surface area contributed by atoms with Crippen molar-refractivity contribution in [2.75, 3.05) is 6.61 Å². The Bertz CT molecular complexity index is 298. The summed E-state index contributed by atoms with van der Waals surface area (Å²) in [6.45, 7) is 4.02. The molecule has 0 aromatic rings. The summed E-state index contributed by atoms with van der Waals surface area (Å²) in [7, 11) is 0. The van der Waals surface area contributed by atoms with Gasteiger partial charge in [-0.3, -0.25) is 19.3 Å². The van der Waals surface area contributed by atoms with Crippen molar-refractivity contribution in [2.24, 2.45) is 0 Å². The molecule has 96 valence electrons. The van der Waals surface area contributed by atoms with Crippen LogP contribution in [0.2, 0.25) is 0 Å². The zero-order valence-corrected chi connectivity index (χ0v) is 10.4. The van der Waals surface area contributed by atoms with E-state index >= 15 is 0 Å². The highest BCUT2D eigenvalue weighted by atomic mass is 16.5. The van der Waals surface area contributed by atoms with E-state index in [2.05, 4.69) is 0 Å². The van der Waals surface area contributed by atoms with Gasteiger partial charge in [-0.15, -0.1) is 0 Å². The Labute approximate surface area is 101 Å². The van der Waals surface area contributed by atoms with E-state index in [9.17, 15) is 14.4 Å². The van der Waals surface area contributed by atoms with Crippen LogP contribution in [0.1, 0.15) is 46.0 Å². The van der Waals surface area contributed by atoms with Crippen molar-refractivity contribution in [2.45, 2.75) is 52.0 Å². The second kappa shape index (κ2) is 6.37. The number of imide groups is 1. The largest absolute Gasteiger partial charge is 0.466 e. The molecule has 0 N–H and O–H groups in total. The normalized spacial score (nSPS) is 17.4. The number of esters is 1. The highest BCUT2D eigenvalue weighted by molar-refractivity contribution is 6.02. The van der Waals surface area contributed by atoms with Crippen molar-refractivity contribution >= 4 is 17.8 Å². The van der Waals surface area contributed by atoms with Crippen LogP contribution in [0.25, 0.3) is 0 Å². The van der Waals surface area contributed by atoms with Gasteiger partial charge in [-0.05, 0) is 13.3 Å². The predicted molar refractivity (Wildman–Crippen MR) is 61.0 cm³/mol. The summed E-state index contributed by atoms with van der Waals surface area (Å²) in [5, 5.41) is 0. The highest BCUT2D eigenvalue weighted by Crippen LogP contribution is 2.21. The lowest BCUT2D eigenvalue weighted by Crippen LogP contribution is -2.40. The number of nitrogens with zero attached hydrogens (tertiary/aromatic N) is 1. The van der Waals surface area contributed by atoms with Crippen LogP contribution in [0, 0.1) is 0 Å². The van der Waals surface area contributed by atoms with Gasteiger partial charge in [0.05, 0.1) is 19.1 Å². The zero-order chi connectivity index (χ0) is 12.8. The Morgan fingerprint density at radius 3 is 2.35 bits per heavy atom. The van der Waals surface area contributed by atoms with E-state index in [4.69, 9.17) is 4.74 Å². The van der Waals surface area contributed by atoms with Crippen LogP contribution < -0.4 is 0 Å². The van der Waals surface area contributed by atoms with Gasteiger partial charge in [0.1, 0.15) is 0 Å². The van der Waals surface area contributed by atoms with Gasteiger partial charge in [-0.1, -0.05) is 13.3 Å². The number of ether oxygens (including phenoxy) is 1. The number of carbonyl (C=O) groups excluding carboxylic acids is 3. The smallest absolute Gasteiger partial charge is 0.307 e. The lowest BCUT2D eigenvalue weighted by atomic mass is 10.1.